The third-order valence-corrected chi connectivity index (χ3v) is 4.88. The number of hydrogen-bond donors (Lipinski definition) is 1. The van der Waals surface area contributed by atoms with Crippen LogP contribution in [0.25, 0.3) is 0 Å². The number of thiazole rings is 1. The molecule has 0 spiro atoms. The molecule has 1 heterocycles. The van der Waals surface area contributed by atoms with Gasteiger partial charge in [0.25, 0.3) is 0 Å². The maximum absolute atomic E-state index is 5.73. The minimum absolute atomic E-state index is 0.198. The van der Waals surface area contributed by atoms with Gasteiger partial charge in [0.2, 0.25) is 0 Å². The molecular weight excluding hydrogens is 232 g/mol. The van der Waals surface area contributed by atoms with Crippen molar-refractivity contribution in [3.63, 3.8) is 0 Å². The number of rotatable bonds is 4. The second kappa shape index (κ2) is 4.58. The monoisotopic (exact) mass is 254 g/mol. The quantitative estimate of drug-likeness (QED) is 0.894. The Morgan fingerprint density at radius 1 is 1.47 bits per heavy atom. The zero-order chi connectivity index (χ0) is 12.6. The molecule has 17 heavy (non-hydrogen) atoms. The summed E-state index contributed by atoms with van der Waals surface area (Å²) in [5.41, 5.74) is 1.33. The number of anilines is 1. The van der Waals surface area contributed by atoms with Gasteiger partial charge in [-0.3, -0.25) is 0 Å². The van der Waals surface area contributed by atoms with Crippen LogP contribution in [-0.4, -0.2) is 23.7 Å². The molecule has 2 unspecified atom stereocenters. The fourth-order valence-corrected chi connectivity index (χ4v) is 3.17. The first-order chi connectivity index (χ1) is 7.95. The van der Waals surface area contributed by atoms with Crippen molar-refractivity contribution in [3.8, 4) is 0 Å². The van der Waals surface area contributed by atoms with Crippen LogP contribution in [0.15, 0.2) is 0 Å². The lowest BCUT2D eigenvalue weighted by Gasteiger charge is -2.51. The van der Waals surface area contributed by atoms with Gasteiger partial charge in [-0.05, 0) is 27.2 Å². The number of nitrogens with one attached hydrogen (secondary N) is 1. The molecule has 0 amide bonds. The van der Waals surface area contributed by atoms with E-state index >= 15 is 0 Å². The van der Waals surface area contributed by atoms with E-state index in [4.69, 9.17) is 4.74 Å². The first-order valence-corrected chi connectivity index (χ1v) is 7.09. The fourth-order valence-electron chi connectivity index (χ4n) is 2.30. The van der Waals surface area contributed by atoms with Crippen LogP contribution in [0.4, 0.5) is 5.13 Å². The van der Waals surface area contributed by atoms with Crippen LogP contribution in [0.3, 0.4) is 0 Å². The molecule has 4 heteroatoms. The Morgan fingerprint density at radius 2 is 2.18 bits per heavy atom. The summed E-state index contributed by atoms with van der Waals surface area (Å²) in [5.74, 6) is 0. The standard InChI is InChI=1S/C13H22N2OS/c1-6-16-11-7-10(13(11,4)5)15-12-14-8(2)9(3)17-12/h10-11H,6-7H2,1-5H3,(H,14,15). The second-order valence-corrected chi connectivity index (χ2v) is 6.56. The molecule has 1 aromatic heterocycles. The predicted octanol–water partition coefficient (Wildman–Crippen LogP) is 3.38. The highest BCUT2D eigenvalue weighted by Gasteiger charge is 2.49. The number of aryl methyl sites for hydroxylation is 2. The molecule has 0 radical (unpaired) electrons. The Bertz CT molecular complexity index is 381. The van der Waals surface area contributed by atoms with E-state index in [1.807, 2.05) is 0 Å². The van der Waals surface area contributed by atoms with Crippen molar-refractivity contribution in [2.24, 2.45) is 5.41 Å². The van der Waals surface area contributed by atoms with E-state index in [0.29, 0.717) is 12.1 Å². The Morgan fingerprint density at radius 3 is 2.65 bits per heavy atom. The lowest BCUT2D eigenvalue weighted by molar-refractivity contribution is -0.0975. The van der Waals surface area contributed by atoms with E-state index < -0.39 is 0 Å². The van der Waals surface area contributed by atoms with E-state index in [-0.39, 0.29) is 5.41 Å². The van der Waals surface area contributed by atoms with Crippen molar-refractivity contribution in [3.05, 3.63) is 10.6 Å². The van der Waals surface area contributed by atoms with E-state index in [2.05, 4.69) is 44.9 Å². The van der Waals surface area contributed by atoms with E-state index in [1.54, 1.807) is 11.3 Å². The molecule has 1 fully saturated rings. The van der Waals surface area contributed by atoms with Crippen LogP contribution in [0, 0.1) is 19.3 Å². The maximum Gasteiger partial charge on any atom is 0.183 e. The van der Waals surface area contributed by atoms with Gasteiger partial charge < -0.3 is 10.1 Å². The van der Waals surface area contributed by atoms with Crippen molar-refractivity contribution in [1.82, 2.24) is 4.98 Å². The molecule has 0 aliphatic heterocycles. The van der Waals surface area contributed by atoms with E-state index in [9.17, 15) is 0 Å². The second-order valence-electron chi connectivity index (χ2n) is 5.36. The van der Waals surface area contributed by atoms with Gasteiger partial charge in [-0.25, -0.2) is 4.98 Å². The normalized spacial score (nSPS) is 26.6. The molecular formula is C13H22N2OS. The van der Waals surface area contributed by atoms with Crippen LogP contribution in [0.1, 0.15) is 37.8 Å². The van der Waals surface area contributed by atoms with Gasteiger partial charge in [-0.15, -0.1) is 11.3 Å². The molecule has 0 aromatic carbocycles. The molecule has 3 nitrogen and oxygen atoms in total. The molecule has 96 valence electrons. The summed E-state index contributed by atoms with van der Waals surface area (Å²) in [6, 6.07) is 0.476. The van der Waals surface area contributed by atoms with E-state index in [1.165, 1.54) is 4.88 Å². The summed E-state index contributed by atoms with van der Waals surface area (Å²) in [6.45, 7) is 11.6. The zero-order valence-electron chi connectivity index (χ0n) is 11.3. The minimum Gasteiger partial charge on any atom is -0.378 e. The predicted molar refractivity (Wildman–Crippen MR) is 72.8 cm³/mol. The first kappa shape index (κ1) is 12.8. The third kappa shape index (κ3) is 2.33. The molecule has 1 N–H and O–H groups in total. The molecule has 0 saturated heterocycles. The van der Waals surface area contributed by atoms with Crippen molar-refractivity contribution >= 4 is 16.5 Å². The minimum atomic E-state index is 0.198. The Hall–Kier alpha value is -0.610. The van der Waals surface area contributed by atoms with Gasteiger partial charge >= 0.3 is 0 Å². The lowest BCUT2D eigenvalue weighted by Crippen LogP contribution is -2.58. The smallest absolute Gasteiger partial charge is 0.183 e. The van der Waals surface area contributed by atoms with Crippen LogP contribution in [0.5, 0.6) is 0 Å². The van der Waals surface area contributed by atoms with Crippen molar-refractivity contribution in [2.75, 3.05) is 11.9 Å². The number of hydrogen-bond acceptors (Lipinski definition) is 4. The van der Waals surface area contributed by atoms with Gasteiger partial charge in [0.15, 0.2) is 5.13 Å². The molecule has 1 saturated carbocycles. The average Bonchev–Trinajstić information content (AvgIpc) is 2.57. The molecule has 1 aromatic rings. The van der Waals surface area contributed by atoms with Gasteiger partial charge in [0.05, 0.1) is 11.8 Å². The van der Waals surface area contributed by atoms with Crippen molar-refractivity contribution in [2.45, 2.75) is 53.2 Å². The van der Waals surface area contributed by atoms with Crippen LogP contribution in [-0.2, 0) is 4.74 Å². The molecule has 1 aliphatic carbocycles. The molecule has 0 bridgehead atoms. The highest BCUT2D eigenvalue weighted by Crippen LogP contribution is 2.44. The van der Waals surface area contributed by atoms with Gasteiger partial charge in [-0.1, -0.05) is 13.8 Å². The molecule has 2 rings (SSSR count). The highest BCUT2D eigenvalue weighted by atomic mass is 32.1. The van der Waals surface area contributed by atoms with Crippen molar-refractivity contribution in [1.29, 1.82) is 0 Å². The van der Waals surface area contributed by atoms with Crippen LogP contribution >= 0.6 is 11.3 Å². The van der Waals surface area contributed by atoms with Crippen LogP contribution < -0.4 is 5.32 Å². The summed E-state index contributed by atoms with van der Waals surface area (Å²) in [7, 11) is 0. The summed E-state index contributed by atoms with van der Waals surface area (Å²) >= 11 is 1.74. The summed E-state index contributed by atoms with van der Waals surface area (Å²) < 4.78 is 5.73. The number of nitrogens with zero attached hydrogens (tertiary/aromatic N) is 1. The Kier molecular flexibility index (Phi) is 3.46. The first-order valence-electron chi connectivity index (χ1n) is 6.27. The summed E-state index contributed by atoms with van der Waals surface area (Å²) in [4.78, 5) is 5.83. The lowest BCUT2D eigenvalue weighted by atomic mass is 9.64. The average molecular weight is 254 g/mol. The van der Waals surface area contributed by atoms with Gasteiger partial charge in [-0.2, -0.15) is 0 Å². The van der Waals surface area contributed by atoms with Gasteiger partial charge in [0.1, 0.15) is 0 Å². The summed E-state index contributed by atoms with van der Waals surface area (Å²) in [6.07, 6.45) is 1.46. The zero-order valence-corrected chi connectivity index (χ0v) is 12.1. The third-order valence-electron chi connectivity index (χ3n) is 3.87. The SMILES string of the molecule is CCOC1CC(Nc2nc(C)c(C)s2)C1(C)C. The van der Waals surface area contributed by atoms with E-state index in [0.717, 1.165) is 23.9 Å². The Balaban J connectivity index is 1.98. The fraction of sp³-hybridized carbons (Fsp3) is 0.769. The number of aromatic nitrogens is 1. The maximum atomic E-state index is 5.73. The molecule has 2 atom stereocenters. The highest BCUT2D eigenvalue weighted by molar-refractivity contribution is 7.15. The largest absolute Gasteiger partial charge is 0.378 e. The number of ether oxygens (including phenoxy) is 1. The van der Waals surface area contributed by atoms with Crippen LogP contribution in [0.2, 0.25) is 0 Å². The molecule has 1 aliphatic rings. The summed E-state index contributed by atoms with van der Waals surface area (Å²) in [5, 5.41) is 4.60. The Labute approximate surface area is 108 Å². The van der Waals surface area contributed by atoms with Gasteiger partial charge in [0, 0.05) is 22.9 Å². The topological polar surface area (TPSA) is 34.1 Å². The van der Waals surface area contributed by atoms with Crippen molar-refractivity contribution < 1.29 is 4.74 Å².